The molecule has 17 heavy (non-hydrogen) atoms. The van der Waals surface area contributed by atoms with E-state index < -0.39 is 5.97 Å². The van der Waals surface area contributed by atoms with E-state index in [4.69, 9.17) is 0 Å². The van der Waals surface area contributed by atoms with Crippen molar-refractivity contribution in [3.63, 3.8) is 0 Å². The summed E-state index contributed by atoms with van der Waals surface area (Å²) in [6, 6.07) is 3.71. The van der Waals surface area contributed by atoms with Gasteiger partial charge in [0.15, 0.2) is 5.16 Å². The van der Waals surface area contributed by atoms with Gasteiger partial charge in [-0.05, 0) is 12.1 Å². The average molecular weight is 265 g/mol. The molecule has 2 aromatic heterocycles. The van der Waals surface area contributed by atoms with Crippen LogP contribution in [0.25, 0.3) is 22.1 Å². The van der Waals surface area contributed by atoms with Crippen molar-refractivity contribution in [3.05, 3.63) is 12.1 Å². The zero-order valence-corrected chi connectivity index (χ0v) is 9.97. The monoisotopic (exact) mass is 265 g/mol. The number of aliphatic carboxylic acids is 1. The summed E-state index contributed by atoms with van der Waals surface area (Å²) in [4.78, 5) is 18.9. The maximum Gasteiger partial charge on any atom is 0.189 e. The van der Waals surface area contributed by atoms with Crippen molar-refractivity contribution in [3.8, 4) is 0 Å². The molecule has 6 nitrogen and oxygen atoms in total. The van der Waals surface area contributed by atoms with Crippen LogP contribution in [-0.4, -0.2) is 30.4 Å². The Morgan fingerprint density at radius 1 is 1.41 bits per heavy atom. The molecular weight excluding hydrogens is 260 g/mol. The van der Waals surface area contributed by atoms with Crippen molar-refractivity contribution < 1.29 is 9.90 Å². The van der Waals surface area contributed by atoms with Gasteiger partial charge in [-0.25, -0.2) is 9.97 Å². The first kappa shape index (κ1) is 10.5. The lowest BCUT2D eigenvalue weighted by atomic mass is 10.3. The van der Waals surface area contributed by atoms with Gasteiger partial charge in [-0.3, -0.25) is 4.37 Å². The summed E-state index contributed by atoms with van der Waals surface area (Å²) in [5.74, 6) is -1.28. The lowest BCUT2D eigenvalue weighted by Gasteiger charge is -1.96. The Balaban J connectivity index is 2.08. The highest BCUT2D eigenvalue weighted by molar-refractivity contribution is 7.99. The Hall–Kier alpha value is -1.67. The van der Waals surface area contributed by atoms with Crippen molar-refractivity contribution in [2.24, 2.45) is 0 Å². The number of nitrogens with one attached hydrogen (secondary N) is 1. The number of hydrogen-bond donors (Lipinski definition) is 1. The summed E-state index contributed by atoms with van der Waals surface area (Å²) in [5, 5.41) is 10.8. The first-order valence-corrected chi connectivity index (χ1v) is 6.43. The molecule has 0 aliphatic heterocycles. The molecule has 0 radical (unpaired) electrons. The van der Waals surface area contributed by atoms with Crippen LogP contribution in [-0.2, 0) is 4.79 Å². The van der Waals surface area contributed by atoms with Gasteiger partial charge >= 0.3 is 0 Å². The molecule has 3 aromatic rings. The van der Waals surface area contributed by atoms with E-state index in [1.54, 1.807) is 0 Å². The highest BCUT2D eigenvalue weighted by atomic mass is 32.2. The summed E-state index contributed by atoms with van der Waals surface area (Å²) in [6.07, 6.45) is 0. The normalized spacial score (nSPS) is 11.3. The number of carbonyl (C=O) groups excluding carboxylic acids is 1. The number of carbonyl (C=O) groups is 1. The third-order valence-electron chi connectivity index (χ3n) is 2.17. The van der Waals surface area contributed by atoms with Crippen LogP contribution in [0.2, 0.25) is 0 Å². The predicted octanol–water partition coefficient (Wildman–Crippen LogP) is 0.410. The van der Waals surface area contributed by atoms with Crippen LogP contribution in [0.3, 0.4) is 0 Å². The van der Waals surface area contributed by atoms with Crippen LogP contribution in [0.5, 0.6) is 0 Å². The number of benzene rings is 1. The van der Waals surface area contributed by atoms with Gasteiger partial charge in [0.05, 0.1) is 17.0 Å². The molecule has 3 rings (SSSR count). The molecule has 0 unspecified atom stereocenters. The number of thioether (sulfide) groups is 1. The Bertz CT molecular complexity index is 705. The van der Waals surface area contributed by atoms with Gasteiger partial charge in [0.25, 0.3) is 0 Å². The molecule has 1 N–H and O–H groups in total. The van der Waals surface area contributed by atoms with Crippen molar-refractivity contribution in [2.45, 2.75) is 5.16 Å². The van der Waals surface area contributed by atoms with E-state index in [-0.39, 0.29) is 5.75 Å². The maximum absolute atomic E-state index is 10.4. The highest BCUT2D eigenvalue weighted by Gasteiger charge is 2.10. The number of aromatic amines is 1. The highest BCUT2D eigenvalue weighted by Crippen LogP contribution is 2.25. The summed E-state index contributed by atoms with van der Waals surface area (Å²) in [5.41, 5.74) is 3.08. The van der Waals surface area contributed by atoms with Gasteiger partial charge in [0, 0.05) is 17.5 Å². The van der Waals surface area contributed by atoms with E-state index in [1.165, 1.54) is 11.7 Å². The first-order chi connectivity index (χ1) is 8.24. The van der Waals surface area contributed by atoms with Crippen molar-refractivity contribution in [1.29, 1.82) is 0 Å². The molecule has 0 bridgehead atoms. The Morgan fingerprint density at radius 2 is 2.29 bits per heavy atom. The van der Waals surface area contributed by atoms with Crippen LogP contribution in [0, 0.1) is 0 Å². The molecular formula is C9H5N4O2S2-. The fraction of sp³-hybridized carbons (Fsp3) is 0.111. The minimum absolute atomic E-state index is 0.150. The predicted molar refractivity (Wildman–Crippen MR) is 62.8 cm³/mol. The van der Waals surface area contributed by atoms with Gasteiger partial charge in [-0.15, -0.1) is 0 Å². The third kappa shape index (κ3) is 1.85. The number of nitrogens with zero attached hydrogens (tertiary/aromatic N) is 3. The SMILES string of the molecule is O=C([O-])CSc1nc2ccc3[nH]snc3c2n1. The second-order valence-corrected chi connectivity index (χ2v) is 4.79. The number of imidazole rings is 1. The topological polar surface area (TPSA) is 94.6 Å². The standard InChI is InChI=1S/C9H6N4O2S2/c14-6(15)3-16-9-10-4-1-2-5-8(7(4)11-9)13-17-12-5/h1-2,12H,3H2,(H,14,15)/p-1. The van der Waals surface area contributed by atoms with Gasteiger partial charge in [0.1, 0.15) is 11.0 Å². The summed E-state index contributed by atoms with van der Waals surface area (Å²) in [7, 11) is 0. The summed E-state index contributed by atoms with van der Waals surface area (Å²) >= 11 is 2.29. The third-order valence-corrected chi connectivity index (χ3v) is 3.57. The van der Waals surface area contributed by atoms with E-state index in [0.29, 0.717) is 10.7 Å². The van der Waals surface area contributed by atoms with E-state index in [9.17, 15) is 9.90 Å². The Labute approximate surface area is 103 Å². The number of carboxylic acids is 1. The molecule has 1 aromatic carbocycles. The molecule has 0 saturated heterocycles. The molecule has 0 spiro atoms. The lowest BCUT2D eigenvalue weighted by molar-refractivity contribution is -0.301. The number of hydrogen-bond acceptors (Lipinski definition) is 7. The molecule has 0 atom stereocenters. The number of carboxylic acid groups (broad SMARTS) is 1. The smallest absolute Gasteiger partial charge is 0.189 e. The molecule has 8 heteroatoms. The van der Waals surface area contributed by atoms with Gasteiger partial charge < -0.3 is 9.90 Å². The zero-order chi connectivity index (χ0) is 11.8. The van der Waals surface area contributed by atoms with Crippen molar-refractivity contribution >= 4 is 51.5 Å². The molecule has 2 heterocycles. The molecule has 0 aliphatic carbocycles. The second kappa shape index (κ2) is 3.97. The number of fused-ring (bicyclic) bond motifs is 3. The first-order valence-electron chi connectivity index (χ1n) is 4.67. The van der Waals surface area contributed by atoms with Crippen LogP contribution in [0.1, 0.15) is 0 Å². The number of H-pyrrole nitrogens is 1. The molecule has 0 saturated carbocycles. The van der Waals surface area contributed by atoms with Gasteiger partial charge in [-0.1, -0.05) is 11.8 Å². The molecule has 0 fully saturated rings. The lowest BCUT2D eigenvalue weighted by Crippen LogP contribution is -2.24. The molecule has 86 valence electrons. The fourth-order valence-electron chi connectivity index (χ4n) is 1.47. The summed E-state index contributed by atoms with van der Waals surface area (Å²) in [6.45, 7) is 0. The quantitative estimate of drug-likeness (QED) is 0.689. The maximum atomic E-state index is 10.4. The van der Waals surface area contributed by atoms with Crippen molar-refractivity contribution in [2.75, 3.05) is 5.75 Å². The molecule has 0 amide bonds. The van der Waals surface area contributed by atoms with E-state index in [2.05, 4.69) is 18.7 Å². The van der Waals surface area contributed by atoms with Crippen LogP contribution in [0.15, 0.2) is 17.3 Å². The minimum atomic E-state index is -1.13. The number of aromatic nitrogens is 4. The van der Waals surface area contributed by atoms with Crippen molar-refractivity contribution in [1.82, 2.24) is 18.7 Å². The summed E-state index contributed by atoms with van der Waals surface area (Å²) < 4.78 is 7.22. The Morgan fingerprint density at radius 3 is 3.12 bits per heavy atom. The van der Waals surface area contributed by atoms with Gasteiger partial charge in [-0.2, -0.15) is 4.37 Å². The minimum Gasteiger partial charge on any atom is -0.549 e. The largest absolute Gasteiger partial charge is 0.549 e. The van der Waals surface area contributed by atoms with E-state index in [0.717, 1.165) is 28.3 Å². The second-order valence-electron chi connectivity index (χ2n) is 3.28. The molecule has 0 aliphatic rings. The van der Waals surface area contributed by atoms with Crippen LogP contribution in [0.4, 0.5) is 0 Å². The van der Waals surface area contributed by atoms with Crippen LogP contribution >= 0.6 is 23.5 Å². The Kier molecular flexibility index (Phi) is 2.45. The van der Waals surface area contributed by atoms with E-state index in [1.807, 2.05) is 12.1 Å². The average Bonchev–Trinajstić information content (AvgIpc) is 2.91. The van der Waals surface area contributed by atoms with Crippen LogP contribution < -0.4 is 5.11 Å². The zero-order valence-electron chi connectivity index (χ0n) is 8.34. The van der Waals surface area contributed by atoms with E-state index >= 15 is 0 Å². The number of rotatable bonds is 3. The van der Waals surface area contributed by atoms with Gasteiger partial charge in [0.2, 0.25) is 0 Å². The fourth-order valence-corrected chi connectivity index (χ4v) is 2.62.